The summed E-state index contributed by atoms with van der Waals surface area (Å²) in [6, 6.07) is 0. The van der Waals surface area contributed by atoms with E-state index in [9.17, 15) is 8.42 Å². The summed E-state index contributed by atoms with van der Waals surface area (Å²) in [5.74, 6) is 1.53. The van der Waals surface area contributed by atoms with Crippen LogP contribution in [0.15, 0.2) is 4.99 Å². The number of guanidine groups is 1. The van der Waals surface area contributed by atoms with Crippen molar-refractivity contribution < 1.29 is 13.2 Å². The molecule has 0 atom stereocenters. The highest BCUT2D eigenvalue weighted by atomic mass is 127. The molecule has 0 aromatic heterocycles. The zero-order chi connectivity index (χ0) is 18.0. The molecule has 0 radical (unpaired) electrons. The van der Waals surface area contributed by atoms with Gasteiger partial charge in [-0.3, -0.25) is 4.99 Å². The van der Waals surface area contributed by atoms with Gasteiger partial charge in [0.1, 0.15) is 0 Å². The first kappa shape index (κ1) is 24.9. The maximum atomic E-state index is 12.2. The van der Waals surface area contributed by atoms with Crippen molar-refractivity contribution >= 4 is 40.0 Å². The van der Waals surface area contributed by atoms with Crippen molar-refractivity contribution in [3.8, 4) is 0 Å². The van der Waals surface area contributed by atoms with E-state index in [2.05, 4.69) is 10.3 Å². The van der Waals surface area contributed by atoms with Gasteiger partial charge in [-0.1, -0.05) is 13.8 Å². The van der Waals surface area contributed by atoms with Gasteiger partial charge in [0.25, 0.3) is 0 Å². The summed E-state index contributed by atoms with van der Waals surface area (Å²) >= 11 is 0. The number of hydrogen-bond donors (Lipinski definition) is 1. The lowest BCUT2D eigenvalue weighted by Gasteiger charge is -2.22. The van der Waals surface area contributed by atoms with Crippen LogP contribution in [-0.4, -0.2) is 82.3 Å². The lowest BCUT2D eigenvalue weighted by molar-refractivity contribution is 0.115. The van der Waals surface area contributed by atoms with Crippen LogP contribution in [0.5, 0.6) is 0 Å². The molecule has 1 rings (SSSR count). The zero-order valence-corrected chi connectivity index (χ0v) is 19.2. The van der Waals surface area contributed by atoms with E-state index in [0.717, 1.165) is 31.6 Å². The standard InChI is InChI=1S/C16H34N4O3S.HI/c1-5-17-16(19(4)11-12-23-14-15-8-9-15)18-10-13-24(21,22)20(6-2)7-3;/h15H,5-14H2,1-4H3,(H,17,18);1H. The molecule has 0 unspecified atom stereocenters. The predicted octanol–water partition coefficient (Wildman–Crippen LogP) is 1.60. The van der Waals surface area contributed by atoms with Crippen LogP contribution in [0.3, 0.4) is 0 Å². The lowest BCUT2D eigenvalue weighted by Crippen LogP contribution is -2.41. The minimum atomic E-state index is -3.23. The molecule has 1 fully saturated rings. The number of aliphatic imine (C=N–C) groups is 1. The first-order chi connectivity index (χ1) is 11.4. The van der Waals surface area contributed by atoms with Gasteiger partial charge >= 0.3 is 0 Å². The summed E-state index contributed by atoms with van der Waals surface area (Å²) < 4.78 is 31.5. The molecule has 0 amide bonds. The largest absolute Gasteiger partial charge is 0.379 e. The fraction of sp³-hybridized carbons (Fsp3) is 0.938. The quantitative estimate of drug-likeness (QED) is 0.195. The minimum absolute atomic E-state index is 0. The van der Waals surface area contributed by atoms with Crippen molar-refractivity contribution in [1.29, 1.82) is 0 Å². The van der Waals surface area contributed by atoms with Crippen LogP contribution in [0.2, 0.25) is 0 Å². The van der Waals surface area contributed by atoms with Gasteiger partial charge in [0.2, 0.25) is 10.0 Å². The Bertz CT molecular complexity index is 480. The van der Waals surface area contributed by atoms with Gasteiger partial charge in [0, 0.05) is 39.8 Å². The van der Waals surface area contributed by atoms with Gasteiger partial charge < -0.3 is 15.0 Å². The highest BCUT2D eigenvalue weighted by Crippen LogP contribution is 2.28. The molecule has 1 aliphatic rings. The van der Waals surface area contributed by atoms with Gasteiger partial charge in [0.05, 0.1) is 18.9 Å². The number of sulfonamides is 1. The summed E-state index contributed by atoms with van der Waals surface area (Å²) in [4.78, 5) is 6.43. The molecule has 1 aliphatic carbocycles. The summed E-state index contributed by atoms with van der Waals surface area (Å²) in [6.45, 7) is 9.96. The molecule has 0 heterocycles. The Labute approximate surface area is 170 Å². The number of rotatable bonds is 12. The number of nitrogens with one attached hydrogen (secondary N) is 1. The molecule has 0 saturated heterocycles. The van der Waals surface area contributed by atoms with Crippen molar-refractivity contribution in [2.45, 2.75) is 33.6 Å². The van der Waals surface area contributed by atoms with Crippen molar-refractivity contribution in [1.82, 2.24) is 14.5 Å². The molecule has 7 nitrogen and oxygen atoms in total. The van der Waals surface area contributed by atoms with Gasteiger partial charge in [-0.25, -0.2) is 12.7 Å². The van der Waals surface area contributed by atoms with Crippen molar-refractivity contribution in [2.24, 2.45) is 10.9 Å². The molecule has 1 saturated carbocycles. The molecule has 1 N–H and O–H groups in total. The molecule has 9 heteroatoms. The number of halogens is 1. The normalized spacial score (nSPS) is 15.2. The Morgan fingerprint density at radius 1 is 1.24 bits per heavy atom. The molecule has 25 heavy (non-hydrogen) atoms. The Morgan fingerprint density at radius 3 is 2.40 bits per heavy atom. The van der Waals surface area contributed by atoms with Crippen molar-refractivity contribution in [3.05, 3.63) is 0 Å². The molecular formula is C16H35IN4O3S. The summed E-state index contributed by atoms with van der Waals surface area (Å²) in [5.41, 5.74) is 0. The molecular weight excluding hydrogens is 455 g/mol. The highest BCUT2D eigenvalue weighted by Gasteiger charge is 2.21. The van der Waals surface area contributed by atoms with Crippen LogP contribution in [0, 0.1) is 5.92 Å². The van der Waals surface area contributed by atoms with E-state index < -0.39 is 10.0 Å². The van der Waals surface area contributed by atoms with Crippen molar-refractivity contribution in [2.75, 3.05) is 58.7 Å². The summed E-state index contributed by atoms with van der Waals surface area (Å²) in [7, 11) is -1.28. The first-order valence-corrected chi connectivity index (χ1v) is 10.6. The SMILES string of the molecule is CCNC(=NCCS(=O)(=O)N(CC)CC)N(C)CCOCC1CC1.I. The molecule has 0 aromatic rings. The fourth-order valence-electron chi connectivity index (χ4n) is 2.32. The third-order valence-electron chi connectivity index (χ3n) is 4.03. The molecule has 0 aromatic carbocycles. The van der Waals surface area contributed by atoms with E-state index in [1.165, 1.54) is 17.1 Å². The van der Waals surface area contributed by atoms with E-state index in [0.29, 0.717) is 19.7 Å². The number of nitrogens with zero attached hydrogens (tertiary/aromatic N) is 3. The molecule has 150 valence electrons. The third-order valence-corrected chi connectivity index (χ3v) is 6.03. The van der Waals surface area contributed by atoms with E-state index in [-0.39, 0.29) is 36.3 Å². The van der Waals surface area contributed by atoms with Crippen LogP contribution in [0.4, 0.5) is 0 Å². The van der Waals surface area contributed by atoms with Crippen LogP contribution in [-0.2, 0) is 14.8 Å². The van der Waals surface area contributed by atoms with Gasteiger partial charge in [-0.15, -0.1) is 24.0 Å². The van der Waals surface area contributed by atoms with E-state index >= 15 is 0 Å². The second kappa shape index (κ2) is 13.1. The molecule has 0 bridgehead atoms. The average Bonchev–Trinajstić information content (AvgIpc) is 3.35. The Kier molecular flexibility index (Phi) is 13.0. The minimum Gasteiger partial charge on any atom is -0.379 e. The second-order valence-electron chi connectivity index (χ2n) is 6.08. The number of ether oxygens (including phenoxy) is 1. The van der Waals surface area contributed by atoms with Gasteiger partial charge in [0.15, 0.2) is 5.96 Å². The average molecular weight is 490 g/mol. The Hall–Kier alpha value is -0.130. The Morgan fingerprint density at radius 2 is 1.88 bits per heavy atom. The van der Waals surface area contributed by atoms with Gasteiger partial charge in [-0.05, 0) is 25.7 Å². The first-order valence-electron chi connectivity index (χ1n) is 8.99. The van der Waals surface area contributed by atoms with Gasteiger partial charge in [-0.2, -0.15) is 0 Å². The van der Waals surface area contributed by atoms with Crippen LogP contribution < -0.4 is 5.32 Å². The summed E-state index contributed by atoms with van der Waals surface area (Å²) in [6.07, 6.45) is 2.59. The maximum Gasteiger partial charge on any atom is 0.215 e. The fourth-order valence-corrected chi connectivity index (χ4v) is 3.69. The zero-order valence-electron chi connectivity index (χ0n) is 16.0. The van der Waals surface area contributed by atoms with Crippen molar-refractivity contribution in [3.63, 3.8) is 0 Å². The number of likely N-dealkylation sites (N-methyl/N-ethyl adjacent to an activating group) is 1. The van der Waals surface area contributed by atoms with E-state index in [1.807, 2.05) is 32.7 Å². The Balaban J connectivity index is 0.00000576. The lowest BCUT2D eigenvalue weighted by atomic mass is 10.5. The maximum absolute atomic E-state index is 12.2. The topological polar surface area (TPSA) is 74.2 Å². The summed E-state index contributed by atoms with van der Waals surface area (Å²) in [5, 5.41) is 3.20. The van der Waals surface area contributed by atoms with Crippen LogP contribution in [0.1, 0.15) is 33.6 Å². The van der Waals surface area contributed by atoms with Crippen LogP contribution in [0.25, 0.3) is 0 Å². The molecule has 0 aliphatic heterocycles. The molecule has 0 spiro atoms. The number of hydrogen-bond acceptors (Lipinski definition) is 4. The third kappa shape index (κ3) is 9.95. The second-order valence-corrected chi connectivity index (χ2v) is 8.16. The smallest absolute Gasteiger partial charge is 0.215 e. The highest BCUT2D eigenvalue weighted by molar-refractivity contribution is 14.0. The predicted molar refractivity (Wildman–Crippen MR) is 114 cm³/mol. The van der Waals surface area contributed by atoms with E-state index in [1.54, 1.807) is 0 Å². The monoisotopic (exact) mass is 490 g/mol. The van der Waals surface area contributed by atoms with Crippen LogP contribution >= 0.6 is 24.0 Å². The van der Waals surface area contributed by atoms with E-state index in [4.69, 9.17) is 4.74 Å².